The quantitative estimate of drug-likeness (QED) is 0.722. The van der Waals surface area contributed by atoms with Crippen LogP contribution in [0.25, 0.3) is 0 Å². The summed E-state index contributed by atoms with van der Waals surface area (Å²) in [6.45, 7) is 1.79. The van der Waals surface area contributed by atoms with Crippen LogP contribution in [0.2, 0.25) is 0 Å². The van der Waals surface area contributed by atoms with Crippen molar-refractivity contribution in [3.8, 4) is 0 Å². The van der Waals surface area contributed by atoms with E-state index in [-0.39, 0.29) is 16.2 Å². The van der Waals surface area contributed by atoms with Crippen molar-refractivity contribution in [2.45, 2.75) is 17.2 Å². The average molecular weight is 436 g/mol. The highest BCUT2D eigenvalue weighted by Gasteiger charge is 2.16. The lowest BCUT2D eigenvalue weighted by Crippen LogP contribution is -2.26. The van der Waals surface area contributed by atoms with E-state index >= 15 is 0 Å². The third-order valence-electron chi connectivity index (χ3n) is 2.76. The van der Waals surface area contributed by atoms with E-state index in [1.54, 1.807) is 25.1 Å². The fraction of sp³-hybridized carbons (Fsp3) is 0.154. The molecule has 0 aliphatic carbocycles. The van der Waals surface area contributed by atoms with Gasteiger partial charge in [-0.2, -0.15) is 0 Å². The first kappa shape index (κ1) is 16.4. The number of halogens is 1. The fourth-order valence-electron chi connectivity index (χ4n) is 1.67. The van der Waals surface area contributed by atoms with Crippen LogP contribution in [0.5, 0.6) is 0 Å². The molecule has 2 rings (SSSR count). The number of sulfonamides is 1. The van der Waals surface area contributed by atoms with Crippen LogP contribution in [-0.2, 0) is 10.0 Å². The second-order valence-electron chi connectivity index (χ2n) is 4.40. The molecule has 0 saturated carbocycles. The van der Waals surface area contributed by atoms with Gasteiger partial charge in [-0.25, -0.2) is 13.6 Å². The summed E-state index contributed by atoms with van der Waals surface area (Å²) in [7, 11) is -3.70. The summed E-state index contributed by atoms with van der Waals surface area (Å²) in [4.78, 5) is 12.8. The first-order chi connectivity index (χ1) is 9.77. The van der Waals surface area contributed by atoms with E-state index in [2.05, 4.69) is 27.9 Å². The van der Waals surface area contributed by atoms with Gasteiger partial charge < -0.3 is 5.32 Å². The summed E-state index contributed by atoms with van der Waals surface area (Å²) < 4.78 is 23.6. The molecular formula is C13H13IN2O3S2. The normalized spacial score (nSPS) is 12.9. The summed E-state index contributed by atoms with van der Waals surface area (Å²) in [6.07, 6.45) is 0. The largest absolute Gasteiger partial charge is 0.345 e. The Morgan fingerprint density at radius 2 is 1.86 bits per heavy atom. The van der Waals surface area contributed by atoms with Crippen LogP contribution in [-0.4, -0.2) is 14.3 Å². The van der Waals surface area contributed by atoms with Gasteiger partial charge in [-0.15, -0.1) is 11.3 Å². The average Bonchev–Trinajstić information content (AvgIpc) is 2.88. The number of thiophene rings is 1. The standard InChI is InChI=1S/C13H13IN2O3S2/c1-8(11-6-7-12(20-11)21(15,18)19)16-13(17)9-2-4-10(14)5-3-9/h2-8H,1H3,(H,16,17)(H2,15,18,19). The van der Waals surface area contributed by atoms with Gasteiger partial charge in [0, 0.05) is 14.0 Å². The van der Waals surface area contributed by atoms with Crippen LogP contribution >= 0.6 is 33.9 Å². The molecule has 1 unspecified atom stereocenters. The Hall–Kier alpha value is -0.970. The minimum Gasteiger partial charge on any atom is -0.345 e. The lowest BCUT2D eigenvalue weighted by atomic mass is 10.2. The zero-order chi connectivity index (χ0) is 15.6. The number of carbonyl (C=O) groups is 1. The smallest absolute Gasteiger partial charge is 0.251 e. The number of primary sulfonamides is 1. The minimum absolute atomic E-state index is 0.0906. The summed E-state index contributed by atoms with van der Waals surface area (Å²) in [6, 6.07) is 10.0. The maximum absolute atomic E-state index is 12.1. The molecule has 1 heterocycles. The lowest BCUT2D eigenvalue weighted by molar-refractivity contribution is 0.0940. The van der Waals surface area contributed by atoms with E-state index in [9.17, 15) is 13.2 Å². The molecule has 1 atom stereocenters. The maximum atomic E-state index is 12.1. The summed E-state index contributed by atoms with van der Waals surface area (Å²) in [5, 5.41) is 7.90. The Morgan fingerprint density at radius 3 is 2.38 bits per heavy atom. The molecular weight excluding hydrogens is 423 g/mol. The molecule has 5 nitrogen and oxygen atoms in total. The maximum Gasteiger partial charge on any atom is 0.251 e. The third-order valence-corrected chi connectivity index (χ3v) is 6.19. The zero-order valence-electron chi connectivity index (χ0n) is 11.0. The Bertz CT molecular complexity index is 754. The predicted molar refractivity (Wildman–Crippen MR) is 90.7 cm³/mol. The Kier molecular flexibility index (Phi) is 5.02. The molecule has 1 amide bonds. The van der Waals surface area contributed by atoms with Gasteiger partial charge in [0.15, 0.2) is 0 Å². The summed E-state index contributed by atoms with van der Waals surface area (Å²) in [5.74, 6) is -0.204. The van der Waals surface area contributed by atoms with Crippen molar-refractivity contribution in [1.29, 1.82) is 0 Å². The SMILES string of the molecule is CC(NC(=O)c1ccc(I)cc1)c1ccc(S(N)(=O)=O)s1. The van der Waals surface area contributed by atoms with Crippen LogP contribution in [0.1, 0.15) is 28.2 Å². The number of hydrogen-bond acceptors (Lipinski definition) is 4. The molecule has 8 heteroatoms. The minimum atomic E-state index is -3.70. The van der Waals surface area contributed by atoms with Gasteiger partial charge in [0.25, 0.3) is 5.91 Å². The number of carbonyl (C=O) groups excluding carboxylic acids is 1. The molecule has 21 heavy (non-hydrogen) atoms. The molecule has 3 N–H and O–H groups in total. The molecule has 0 aliphatic rings. The third kappa shape index (κ3) is 4.25. The molecule has 2 aromatic rings. The van der Waals surface area contributed by atoms with Crippen molar-refractivity contribution in [3.05, 3.63) is 50.4 Å². The van der Waals surface area contributed by atoms with E-state index < -0.39 is 10.0 Å². The molecule has 112 valence electrons. The summed E-state index contributed by atoms with van der Waals surface area (Å²) >= 11 is 3.22. The van der Waals surface area contributed by atoms with E-state index in [4.69, 9.17) is 5.14 Å². The van der Waals surface area contributed by atoms with Crippen LogP contribution < -0.4 is 10.5 Å². The summed E-state index contributed by atoms with van der Waals surface area (Å²) in [5.41, 5.74) is 0.561. The number of nitrogens with one attached hydrogen (secondary N) is 1. The molecule has 0 aliphatic heterocycles. The predicted octanol–water partition coefficient (Wildman–Crippen LogP) is 2.49. The Morgan fingerprint density at radius 1 is 1.24 bits per heavy atom. The highest BCUT2D eigenvalue weighted by Crippen LogP contribution is 2.26. The molecule has 1 aromatic carbocycles. The first-order valence-electron chi connectivity index (χ1n) is 5.96. The number of nitrogens with two attached hydrogens (primary N) is 1. The Balaban J connectivity index is 2.11. The van der Waals surface area contributed by atoms with Gasteiger partial charge in [-0.05, 0) is 65.9 Å². The number of rotatable bonds is 4. The van der Waals surface area contributed by atoms with Crippen LogP contribution in [0.3, 0.4) is 0 Å². The van der Waals surface area contributed by atoms with Gasteiger partial charge in [0.05, 0.1) is 6.04 Å². The van der Waals surface area contributed by atoms with Crippen molar-refractivity contribution in [2.24, 2.45) is 5.14 Å². The molecule has 1 aromatic heterocycles. The topological polar surface area (TPSA) is 89.3 Å². The monoisotopic (exact) mass is 436 g/mol. The van der Waals surface area contributed by atoms with Gasteiger partial charge in [0.2, 0.25) is 10.0 Å². The molecule has 0 bridgehead atoms. The van der Waals surface area contributed by atoms with E-state index in [0.717, 1.165) is 19.8 Å². The highest BCUT2D eigenvalue weighted by atomic mass is 127. The second-order valence-corrected chi connectivity index (χ2v) is 8.55. The van der Waals surface area contributed by atoms with Crippen molar-refractivity contribution >= 4 is 49.9 Å². The van der Waals surface area contributed by atoms with Crippen LogP contribution in [0.4, 0.5) is 0 Å². The molecule has 0 fully saturated rings. The van der Waals surface area contributed by atoms with Crippen molar-refractivity contribution in [3.63, 3.8) is 0 Å². The fourth-order valence-corrected chi connectivity index (χ4v) is 3.78. The van der Waals surface area contributed by atoms with E-state index in [0.29, 0.717) is 5.56 Å². The van der Waals surface area contributed by atoms with Crippen molar-refractivity contribution in [1.82, 2.24) is 5.32 Å². The van der Waals surface area contributed by atoms with Gasteiger partial charge in [-0.3, -0.25) is 4.79 Å². The second kappa shape index (κ2) is 6.42. The lowest BCUT2D eigenvalue weighted by Gasteiger charge is -2.12. The Labute approximate surface area is 140 Å². The van der Waals surface area contributed by atoms with Crippen molar-refractivity contribution < 1.29 is 13.2 Å². The van der Waals surface area contributed by atoms with E-state index in [1.165, 1.54) is 6.07 Å². The molecule has 0 saturated heterocycles. The molecule has 0 radical (unpaired) electrons. The highest BCUT2D eigenvalue weighted by molar-refractivity contribution is 14.1. The number of amides is 1. The van der Waals surface area contributed by atoms with Crippen LogP contribution in [0.15, 0.2) is 40.6 Å². The van der Waals surface area contributed by atoms with Gasteiger partial charge in [0.1, 0.15) is 4.21 Å². The number of hydrogen-bond donors (Lipinski definition) is 2. The zero-order valence-corrected chi connectivity index (χ0v) is 14.8. The van der Waals surface area contributed by atoms with Gasteiger partial charge in [-0.1, -0.05) is 0 Å². The van der Waals surface area contributed by atoms with Gasteiger partial charge >= 0.3 is 0 Å². The van der Waals surface area contributed by atoms with E-state index in [1.807, 2.05) is 12.1 Å². The molecule has 0 spiro atoms. The van der Waals surface area contributed by atoms with Crippen molar-refractivity contribution in [2.75, 3.05) is 0 Å². The number of benzene rings is 1. The first-order valence-corrected chi connectivity index (χ1v) is 9.40. The van der Waals surface area contributed by atoms with Crippen LogP contribution in [0, 0.1) is 3.57 Å².